The summed E-state index contributed by atoms with van der Waals surface area (Å²) in [6.45, 7) is 3.94. The van der Waals surface area contributed by atoms with Crippen LogP contribution in [0.3, 0.4) is 0 Å². The van der Waals surface area contributed by atoms with Gasteiger partial charge in [-0.05, 0) is 12.5 Å². The summed E-state index contributed by atoms with van der Waals surface area (Å²) in [7, 11) is 0. The van der Waals surface area contributed by atoms with Crippen LogP contribution in [0.15, 0.2) is 23.8 Å². The first kappa shape index (κ1) is 8.97. The van der Waals surface area contributed by atoms with E-state index in [1.807, 2.05) is 19.9 Å². The lowest BCUT2D eigenvalue weighted by Crippen LogP contribution is -2.27. The molecule has 0 N–H and O–H groups in total. The van der Waals surface area contributed by atoms with Crippen molar-refractivity contribution in [2.75, 3.05) is 0 Å². The Kier molecular flexibility index (Phi) is 2.63. The number of allylic oxidation sites excluding steroid dienone is 2. The van der Waals surface area contributed by atoms with Gasteiger partial charge in [-0.25, -0.2) is 0 Å². The van der Waals surface area contributed by atoms with Crippen molar-refractivity contribution < 1.29 is 4.92 Å². The average molecular weight is 167 g/mol. The maximum atomic E-state index is 10.6. The Morgan fingerprint density at radius 1 is 1.67 bits per heavy atom. The Balaban J connectivity index is 2.80. The Labute approximate surface area is 71.9 Å². The van der Waals surface area contributed by atoms with E-state index in [4.69, 9.17) is 0 Å². The smallest absolute Gasteiger partial charge is 0.237 e. The molecule has 1 aliphatic carbocycles. The minimum atomic E-state index is -0.523. The van der Waals surface area contributed by atoms with Gasteiger partial charge in [0.05, 0.1) is 0 Å². The van der Waals surface area contributed by atoms with Crippen LogP contribution in [0.2, 0.25) is 0 Å². The van der Waals surface area contributed by atoms with Crippen molar-refractivity contribution in [1.82, 2.24) is 0 Å². The van der Waals surface area contributed by atoms with Crippen LogP contribution in [0.25, 0.3) is 0 Å². The highest BCUT2D eigenvalue weighted by Gasteiger charge is 2.28. The molecule has 3 heteroatoms. The predicted molar refractivity (Wildman–Crippen MR) is 47.5 cm³/mol. The Morgan fingerprint density at radius 2 is 2.33 bits per heavy atom. The van der Waals surface area contributed by atoms with Crippen molar-refractivity contribution in [1.29, 1.82) is 0 Å². The second-order valence-electron chi connectivity index (χ2n) is 3.04. The minimum absolute atomic E-state index is 0.0509. The molecule has 2 atom stereocenters. The van der Waals surface area contributed by atoms with E-state index < -0.39 is 6.04 Å². The second kappa shape index (κ2) is 3.52. The fraction of sp³-hybridized carbons (Fsp3) is 0.556. The Bertz CT molecular complexity index is 243. The summed E-state index contributed by atoms with van der Waals surface area (Å²) in [5, 5.41) is 10.6. The third kappa shape index (κ3) is 1.55. The molecular weight excluding hydrogens is 154 g/mol. The van der Waals surface area contributed by atoms with Gasteiger partial charge in [-0.3, -0.25) is 10.1 Å². The van der Waals surface area contributed by atoms with E-state index >= 15 is 0 Å². The molecule has 0 saturated carbocycles. The quantitative estimate of drug-likeness (QED) is 0.467. The third-order valence-corrected chi connectivity index (χ3v) is 2.37. The van der Waals surface area contributed by atoms with E-state index in [-0.39, 0.29) is 10.8 Å². The van der Waals surface area contributed by atoms with Crippen LogP contribution in [0, 0.1) is 16.0 Å². The lowest BCUT2D eigenvalue weighted by Gasteiger charge is -2.19. The van der Waals surface area contributed by atoms with Crippen molar-refractivity contribution >= 4 is 0 Å². The molecule has 0 fully saturated rings. The number of nitrogens with zero attached hydrogens (tertiary/aromatic N) is 1. The summed E-state index contributed by atoms with van der Waals surface area (Å²) in [5.74, 6) is 0.0509. The van der Waals surface area contributed by atoms with Gasteiger partial charge in [-0.1, -0.05) is 31.6 Å². The summed E-state index contributed by atoms with van der Waals surface area (Å²) in [5.41, 5.74) is 1.17. The summed E-state index contributed by atoms with van der Waals surface area (Å²) < 4.78 is 0. The number of hydrogen-bond donors (Lipinski definition) is 0. The number of rotatable bonds is 2. The molecule has 0 aliphatic heterocycles. The van der Waals surface area contributed by atoms with E-state index in [1.54, 1.807) is 12.2 Å². The van der Waals surface area contributed by atoms with E-state index in [0.717, 1.165) is 6.42 Å². The minimum Gasteiger partial charge on any atom is -0.264 e. The molecule has 2 unspecified atom stereocenters. The molecule has 0 radical (unpaired) electrons. The monoisotopic (exact) mass is 167 g/mol. The van der Waals surface area contributed by atoms with Gasteiger partial charge in [-0.2, -0.15) is 0 Å². The molecule has 0 bridgehead atoms. The van der Waals surface area contributed by atoms with Crippen LogP contribution in [-0.4, -0.2) is 11.0 Å². The zero-order valence-corrected chi connectivity index (χ0v) is 7.36. The maximum absolute atomic E-state index is 10.6. The molecule has 0 amide bonds. The molecule has 0 heterocycles. The summed E-state index contributed by atoms with van der Waals surface area (Å²) in [6, 6.07) is -0.523. The van der Waals surface area contributed by atoms with Crippen LogP contribution < -0.4 is 0 Å². The first-order chi connectivity index (χ1) is 5.66. The summed E-state index contributed by atoms with van der Waals surface area (Å²) in [6.07, 6.45) is 6.32. The van der Waals surface area contributed by atoms with Crippen molar-refractivity contribution in [3.05, 3.63) is 33.9 Å². The zero-order valence-electron chi connectivity index (χ0n) is 7.36. The standard InChI is InChI=1S/C9H13NO2/c1-3-8-5-4-6-9(7(8)2)10(11)12/h4-7,9H,3H2,1-2H3. The fourth-order valence-corrected chi connectivity index (χ4v) is 1.52. The molecule has 0 saturated heterocycles. The van der Waals surface area contributed by atoms with E-state index in [2.05, 4.69) is 0 Å². The maximum Gasteiger partial charge on any atom is 0.237 e. The highest BCUT2D eigenvalue weighted by atomic mass is 16.6. The molecule has 0 aromatic rings. The first-order valence-corrected chi connectivity index (χ1v) is 4.17. The third-order valence-electron chi connectivity index (χ3n) is 2.37. The van der Waals surface area contributed by atoms with Gasteiger partial charge in [0, 0.05) is 10.8 Å². The van der Waals surface area contributed by atoms with Crippen LogP contribution >= 0.6 is 0 Å². The van der Waals surface area contributed by atoms with Crippen molar-refractivity contribution in [2.45, 2.75) is 26.3 Å². The second-order valence-corrected chi connectivity index (χ2v) is 3.04. The van der Waals surface area contributed by atoms with Gasteiger partial charge >= 0.3 is 0 Å². The topological polar surface area (TPSA) is 43.1 Å². The van der Waals surface area contributed by atoms with Gasteiger partial charge in [-0.15, -0.1) is 0 Å². The molecule has 1 rings (SSSR count). The van der Waals surface area contributed by atoms with Crippen LogP contribution in [-0.2, 0) is 0 Å². The molecule has 0 aromatic heterocycles. The lowest BCUT2D eigenvalue weighted by atomic mass is 9.88. The molecule has 0 aromatic carbocycles. The van der Waals surface area contributed by atoms with Crippen LogP contribution in [0.1, 0.15) is 20.3 Å². The van der Waals surface area contributed by atoms with Gasteiger partial charge < -0.3 is 0 Å². The highest BCUT2D eigenvalue weighted by Crippen LogP contribution is 2.24. The summed E-state index contributed by atoms with van der Waals surface area (Å²) in [4.78, 5) is 10.3. The zero-order chi connectivity index (χ0) is 9.14. The van der Waals surface area contributed by atoms with Crippen LogP contribution in [0.4, 0.5) is 0 Å². The van der Waals surface area contributed by atoms with Gasteiger partial charge in [0.2, 0.25) is 6.04 Å². The molecule has 12 heavy (non-hydrogen) atoms. The molecular formula is C9H13NO2. The highest BCUT2D eigenvalue weighted by molar-refractivity contribution is 5.23. The average Bonchev–Trinajstić information content (AvgIpc) is 2.04. The van der Waals surface area contributed by atoms with Gasteiger partial charge in [0.1, 0.15) is 0 Å². The van der Waals surface area contributed by atoms with Gasteiger partial charge in [0.15, 0.2) is 0 Å². The molecule has 3 nitrogen and oxygen atoms in total. The fourth-order valence-electron chi connectivity index (χ4n) is 1.52. The lowest BCUT2D eigenvalue weighted by molar-refractivity contribution is -0.516. The predicted octanol–water partition coefficient (Wildman–Crippen LogP) is 2.17. The molecule has 1 aliphatic rings. The number of nitro groups is 1. The van der Waals surface area contributed by atoms with Gasteiger partial charge in [0.25, 0.3) is 0 Å². The number of hydrogen-bond acceptors (Lipinski definition) is 2. The normalized spacial score (nSPS) is 28.3. The van der Waals surface area contributed by atoms with Crippen LogP contribution in [0.5, 0.6) is 0 Å². The Morgan fingerprint density at radius 3 is 2.83 bits per heavy atom. The molecule has 0 spiro atoms. The SMILES string of the molecule is CCC1=CC=CC([N+](=O)[O-])C1C. The van der Waals surface area contributed by atoms with Crippen molar-refractivity contribution in [3.8, 4) is 0 Å². The van der Waals surface area contributed by atoms with E-state index in [0.29, 0.717) is 0 Å². The summed E-state index contributed by atoms with van der Waals surface area (Å²) >= 11 is 0. The Hall–Kier alpha value is -1.12. The molecule has 66 valence electrons. The van der Waals surface area contributed by atoms with E-state index in [9.17, 15) is 10.1 Å². The largest absolute Gasteiger partial charge is 0.264 e. The first-order valence-electron chi connectivity index (χ1n) is 4.17. The van der Waals surface area contributed by atoms with E-state index in [1.165, 1.54) is 5.57 Å². The van der Waals surface area contributed by atoms with Crippen molar-refractivity contribution in [3.63, 3.8) is 0 Å². The van der Waals surface area contributed by atoms with Crippen molar-refractivity contribution in [2.24, 2.45) is 5.92 Å².